The van der Waals surface area contributed by atoms with E-state index in [1.807, 2.05) is 57.8 Å². The van der Waals surface area contributed by atoms with E-state index in [0.717, 1.165) is 33.6 Å². The lowest BCUT2D eigenvalue weighted by atomic mass is 10.2. The molecule has 6 heterocycles. The molecule has 0 bridgehead atoms. The van der Waals surface area contributed by atoms with Crippen LogP contribution in [0, 0.1) is 0 Å². The van der Waals surface area contributed by atoms with E-state index in [9.17, 15) is 0 Å². The Hall–Kier alpha value is -3.93. The van der Waals surface area contributed by atoms with Gasteiger partial charge in [0.2, 0.25) is 0 Å². The molecule has 0 aliphatic heterocycles. The van der Waals surface area contributed by atoms with Crippen LogP contribution in [0.15, 0.2) is 92.0 Å². The maximum atomic E-state index is 4.72. The number of nitrogens with zero attached hydrogens (tertiary/aromatic N) is 6. The summed E-state index contributed by atoms with van der Waals surface area (Å²) >= 11 is 0. The summed E-state index contributed by atoms with van der Waals surface area (Å²) in [7, 11) is 0. The molecule has 0 N–H and O–H groups in total. The van der Waals surface area contributed by atoms with Gasteiger partial charge >= 0.3 is 0 Å². The predicted molar refractivity (Wildman–Crippen MR) is 102 cm³/mol. The standard InChI is InChI=1S/C21H15N6/c1-2-7-24-14-20(23-21(24)5-1)16-6-9-25-15-26(13-19(25)10-16)18-11-17-4-3-8-27(17)22-12-18/h1-15H/q+1. The van der Waals surface area contributed by atoms with Crippen LogP contribution in [0.4, 0.5) is 0 Å². The summed E-state index contributed by atoms with van der Waals surface area (Å²) in [6.45, 7) is 0. The summed E-state index contributed by atoms with van der Waals surface area (Å²) in [5.41, 5.74) is 6.20. The number of hydrogen-bond donors (Lipinski definition) is 0. The van der Waals surface area contributed by atoms with Crippen molar-refractivity contribution in [3.63, 3.8) is 0 Å². The molecule has 0 saturated carbocycles. The maximum Gasteiger partial charge on any atom is 0.254 e. The van der Waals surface area contributed by atoms with Gasteiger partial charge < -0.3 is 4.40 Å². The van der Waals surface area contributed by atoms with Crippen molar-refractivity contribution < 1.29 is 4.57 Å². The molecule has 6 aromatic heterocycles. The fraction of sp³-hybridized carbons (Fsp3) is 0. The van der Waals surface area contributed by atoms with Gasteiger partial charge in [-0.1, -0.05) is 6.07 Å². The van der Waals surface area contributed by atoms with Gasteiger partial charge in [0.05, 0.1) is 23.6 Å². The zero-order valence-electron chi connectivity index (χ0n) is 14.3. The van der Waals surface area contributed by atoms with Crippen molar-refractivity contribution in [3.8, 4) is 16.9 Å². The molecule has 6 heteroatoms. The molecule has 0 radical (unpaired) electrons. The van der Waals surface area contributed by atoms with Gasteiger partial charge in [0, 0.05) is 30.2 Å². The van der Waals surface area contributed by atoms with Crippen LogP contribution in [0.25, 0.3) is 33.6 Å². The van der Waals surface area contributed by atoms with E-state index in [0.29, 0.717) is 0 Å². The van der Waals surface area contributed by atoms with E-state index in [2.05, 4.69) is 57.2 Å². The van der Waals surface area contributed by atoms with E-state index < -0.39 is 0 Å². The summed E-state index contributed by atoms with van der Waals surface area (Å²) in [4.78, 5) is 4.72. The number of hydrogen-bond acceptors (Lipinski definition) is 2. The van der Waals surface area contributed by atoms with Crippen LogP contribution in [0.5, 0.6) is 0 Å². The Bertz CT molecular complexity index is 1400. The first-order valence-electron chi connectivity index (χ1n) is 8.74. The van der Waals surface area contributed by atoms with Gasteiger partial charge in [-0.2, -0.15) is 9.67 Å². The van der Waals surface area contributed by atoms with Crippen LogP contribution in [0.1, 0.15) is 0 Å². The van der Waals surface area contributed by atoms with Crippen molar-refractivity contribution >= 4 is 16.7 Å². The molecule has 0 amide bonds. The van der Waals surface area contributed by atoms with Crippen molar-refractivity contribution in [1.82, 2.24) is 23.4 Å². The van der Waals surface area contributed by atoms with Gasteiger partial charge in [-0.25, -0.2) is 13.9 Å². The third kappa shape index (κ3) is 2.23. The first-order valence-corrected chi connectivity index (χ1v) is 8.74. The lowest BCUT2D eigenvalue weighted by molar-refractivity contribution is -0.594. The molecule has 0 unspecified atom stereocenters. The van der Waals surface area contributed by atoms with Crippen molar-refractivity contribution in [3.05, 3.63) is 92.0 Å². The Kier molecular flexibility index (Phi) is 2.79. The summed E-state index contributed by atoms with van der Waals surface area (Å²) in [6, 6.07) is 16.4. The van der Waals surface area contributed by atoms with Crippen molar-refractivity contribution in [1.29, 1.82) is 0 Å². The molecule has 6 rings (SSSR count). The molecular formula is C21H15N6+. The summed E-state index contributed by atoms with van der Waals surface area (Å²) in [5.74, 6) is 0. The zero-order chi connectivity index (χ0) is 17.8. The highest BCUT2D eigenvalue weighted by Crippen LogP contribution is 2.20. The molecule has 128 valence electrons. The Morgan fingerprint density at radius 3 is 2.81 bits per heavy atom. The molecule has 0 aliphatic carbocycles. The number of rotatable bonds is 2. The molecule has 0 saturated heterocycles. The highest BCUT2D eigenvalue weighted by Gasteiger charge is 2.12. The van der Waals surface area contributed by atoms with Gasteiger partial charge in [0.25, 0.3) is 6.33 Å². The Morgan fingerprint density at radius 1 is 0.852 bits per heavy atom. The fourth-order valence-electron chi connectivity index (χ4n) is 3.48. The predicted octanol–water partition coefficient (Wildman–Crippen LogP) is 3.18. The van der Waals surface area contributed by atoms with Gasteiger partial charge in [-0.15, -0.1) is 0 Å². The largest absolute Gasteiger partial charge is 0.306 e. The third-order valence-electron chi connectivity index (χ3n) is 4.86. The summed E-state index contributed by atoms with van der Waals surface area (Å²) in [6.07, 6.45) is 14.1. The molecule has 0 fully saturated rings. The first kappa shape index (κ1) is 14.3. The second-order valence-electron chi connectivity index (χ2n) is 6.58. The second-order valence-corrected chi connectivity index (χ2v) is 6.58. The number of imidazole rings is 2. The highest BCUT2D eigenvalue weighted by atomic mass is 15.2. The quantitative estimate of drug-likeness (QED) is 0.450. The highest BCUT2D eigenvalue weighted by molar-refractivity contribution is 5.67. The molecule has 0 aromatic carbocycles. The summed E-state index contributed by atoms with van der Waals surface area (Å²) in [5, 5.41) is 4.45. The van der Waals surface area contributed by atoms with Crippen LogP contribution in [-0.2, 0) is 0 Å². The molecule has 0 spiro atoms. The zero-order valence-corrected chi connectivity index (χ0v) is 14.3. The van der Waals surface area contributed by atoms with E-state index in [4.69, 9.17) is 4.98 Å². The minimum atomic E-state index is 0.949. The minimum Gasteiger partial charge on any atom is -0.306 e. The topological polar surface area (TPSA) is 42.9 Å². The Balaban J connectivity index is 1.46. The lowest BCUT2D eigenvalue weighted by Crippen LogP contribution is -2.27. The average molecular weight is 351 g/mol. The van der Waals surface area contributed by atoms with Crippen molar-refractivity contribution in [2.24, 2.45) is 0 Å². The number of aromatic nitrogens is 6. The summed E-state index contributed by atoms with van der Waals surface area (Å²) < 4.78 is 8.09. The fourth-order valence-corrected chi connectivity index (χ4v) is 3.48. The molecular weight excluding hydrogens is 336 g/mol. The van der Waals surface area contributed by atoms with E-state index >= 15 is 0 Å². The molecule has 0 aliphatic rings. The van der Waals surface area contributed by atoms with Crippen LogP contribution in [-0.4, -0.2) is 23.4 Å². The van der Waals surface area contributed by atoms with Crippen molar-refractivity contribution in [2.45, 2.75) is 0 Å². The monoisotopic (exact) mass is 351 g/mol. The van der Waals surface area contributed by atoms with Gasteiger partial charge in [-0.3, -0.25) is 0 Å². The van der Waals surface area contributed by atoms with Crippen molar-refractivity contribution in [2.75, 3.05) is 0 Å². The Morgan fingerprint density at radius 2 is 1.85 bits per heavy atom. The normalized spacial score (nSPS) is 11.7. The van der Waals surface area contributed by atoms with Gasteiger partial charge in [0.15, 0.2) is 11.2 Å². The number of pyridine rings is 2. The van der Waals surface area contributed by atoms with Gasteiger partial charge in [0.1, 0.15) is 11.8 Å². The average Bonchev–Trinajstić information content (AvgIpc) is 3.42. The second kappa shape index (κ2) is 5.28. The molecule has 6 nitrogen and oxygen atoms in total. The minimum absolute atomic E-state index is 0.949. The lowest BCUT2D eigenvalue weighted by Gasteiger charge is -1.96. The van der Waals surface area contributed by atoms with E-state index in [1.165, 1.54) is 0 Å². The van der Waals surface area contributed by atoms with E-state index in [-0.39, 0.29) is 0 Å². The first-order chi connectivity index (χ1) is 13.3. The molecule has 27 heavy (non-hydrogen) atoms. The van der Waals surface area contributed by atoms with Gasteiger partial charge in [-0.05, 0) is 36.4 Å². The van der Waals surface area contributed by atoms with Crippen LogP contribution in [0.3, 0.4) is 0 Å². The third-order valence-corrected chi connectivity index (χ3v) is 4.86. The smallest absolute Gasteiger partial charge is 0.254 e. The van der Waals surface area contributed by atoms with Crippen LogP contribution >= 0.6 is 0 Å². The maximum absolute atomic E-state index is 4.72. The van der Waals surface area contributed by atoms with Crippen LogP contribution in [0.2, 0.25) is 0 Å². The molecule has 6 aromatic rings. The van der Waals surface area contributed by atoms with E-state index in [1.54, 1.807) is 0 Å². The SMILES string of the molecule is c1ccn2cc(-c3ccn4c[n+](-c5cnn6cccc6c5)cc4c3)nc2c1. The number of fused-ring (bicyclic) bond motifs is 3. The van der Waals surface area contributed by atoms with Crippen LogP contribution < -0.4 is 4.57 Å². The Labute approximate surface area is 154 Å². The molecule has 0 atom stereocenters.